The van der Waals surface area contributed by atoms with Crippen LogP contribution in [0.3, 0.4) is 0 Å². The summed E-state index contributed by atoms with van der Waals surface area (Å²) in [4.78, 5) is 11.6. The summed E-state index contributed by atoms with van der Waals surface area (Å²) >= 11 is 6.69. The zero-order chi connectivity index (χ0) is 15.7. The van der Waals surface area contributed by atoms with Gasteiger partial charge in [-0.15, -0.1) is 6.42 Å². The van der Waals surface area contributed by atoms with E-state index in [1.807, 2.05) is 30.3 Å². The molecule has 0 spiro atoms. The van der Waals surface area contributed by atoms with Gasteiger partial charge >= 0.3 is 0 Å². The van der Waals surface area contributed by atoms with Gasteiger partial charge in [0.1, 0.15) is 4.75 Å². The van der Waals surface area contributed by atoms with Crippen LogP contribution in [0, 0.1) is 23.7 Å². The van der Waals surface area contributed by atoms with Gasteiger partial charge in [0.2, 0.25) is 5.91 Å². The van der Waals surface area contributed by atoms with Crippen LogP contribution in [0.2, 0.25) is 0 Å². The van der Waals surface area contributed by atoms with Crippen LogP contribution in [-0.4, -0.2) is 21.4 Å². The molecule has 0 aliphatic heterocycles. The maximum absolute atomic E-state index is 11.6. The molecule has 1 aromatic rings. The third-order valence-electron chi connectivity index (χ3n) is 2.78. The average Bonchev–Trinajstić information content (AvgIpc) is 2.51. The Morgan fingerprint density at radius 1 is 1.48 bits per heavy atom. The molecule has 0 saturated carbocycles. The number of rotatable bonds is 6. The molecule has 0 heterocycles. The highest BCUT2D eigenvalue weighted by Crippen LogP contribution is 2.32. The molecule has 0 aliphatic carbocycles. The zero-order valence-electron chi connectivity index (χ0n) is 11.8. The molecule has 0 bridgehead atoms. The molecule has 1 amide bonds. The predicted octanol–water partition coefficient (Wildman–Crippen LogP) is 2.91. The zero-order valence-corrected chi connectivity index (χ0v) is 13.4. The van der Waals surface area contributed by atoms with Crippen LogP contribution >= 0.6 is 24.0 Å². The Hall–Kier alpha value is -1.82. The Kier molecular flexibility index (Phi) is 6.94. The maximum atomic E-state index is 11.6. The minimum Gasteiger partial charge on any atom is -0.345 e. The van der Waals surface area contributed by atoms with E-state index in [0.717, 1.165) is 5.56 Å². The molecular formula is C16H16N2OS2. The van der Waals surface area contributed by atoms with Crippen molar-refractivity contribution in [3.05, 3.63) is 35.9 Å². The number of thioether (sulfide) groups is 1. The van der Waals surface area contributed by atoms with Crippen molar-refractivity contribution in [1.82, 2.24) is 5.32 Å². The lowest BCUT2D eigenvalue weighted by Crippen LogP contribution is -2.27. The fourth-order valence-corrected chi connectivity index (χ4v) is 3.16. The Bertz CT molecular complexity index is 587. The second-order valence-corrected chi connectivity index (χ2v) is 6.76. The van der Waals surface area contributed by atoms with Crippen molar-refractivity contribution < 1.29 is 4.79 Å². The number of hydrogen-bond acceptors (Lipinski definition) is 4. The summed E-state index contributed by atoms with van der Waals surface area (Å²) in [7, 11) is 0. The lowest BCUT2D eigenvalue weighted by atomic mass is 10.1. The molecule has 0 aliphatic rings. The molecule has 0 radical (unpaired) electrons. The van der Waals surface area contributed by atoms with Gasteiger partial charge in [-0.2, -0.15) is 5.26 Å². The fourth-order valence-electron chi connectivity index (χ4n) is 1.56. The summed E-state index contributed by atoms with van der Waals surface area (Å²) in [5, 5.41) is 12.0. The molecular weight excluding hydrogens is 300 g/mol. The van der Waals surface area contributed by atoms with Gasteiger partial charge in [0.05, 0.1) is 16.8 Å². The predicted molar refractivity (Wildman–Crippen MR) is 90.8 cm³/mol. The van der Waals surface area contributed by atoms with Gasteiger partial charge in [0, 0.05) is 6.42 Å². The van der Waals surface area contributed by atoms with Crippen LogP contribution < -0.4 is 5.32 Å². The van der Waals surface area contributed by atoms with Crippen molar-refractivity contribution in [2.45, 2.75) is 24.5 Å². The topological polar surface area (TPSA) is 52.9 Å². The maximum Gasteiger partial charge on any atom is 0.220 e. The molecule has 1 atom stereocenters. The first-order valence-corrected chi connectivity index (χ1v) is 7.63. The fraction of sp³-hybridized carbons (Fsp3) is 0.312. The van der Waals surface area contributed by atoms with Crippen LogP contribution in [0.4, 0.5) is 0 Å². The molecule has 0 saturated heterocycles. The van der Waals surface area contributed by atoms with Crippen molar-refractivity contribution in [3.8, 4) is 18.4 Å². The van der Waals surface area contributed by atoms with Crippen LogP contribution in [0.1, 0.15) is 25.3 Å². The van der Waals surface area contributed by atoms with E-state index in [1.165, 1.54) is 11.8 Å². The summed E-state index contributed by atoms with van der Waals surface area (Å²) in [6.45, 7) is 2.00. The second kappa shape index (κ2) is 8.46. The Balaban J connectivity index is 2.60. The average molecular weight is 316 g/mol. The summed E-state index contributed by atoms with van der Waals surface area (Å²) < 4.78 is -0.0795. The van der Waals surface area contributed by atoms with Crippen molar-refractivity contribution >= 4 is 34.1 Å². The Labute approximate surface area is 135 Å². The highest BCUT2D eigenvalue weighted by atomic mass is 32.2. The minimum atomic E-state index is -0.736. The molecule has 0 fully saturated rings. The standard InChI is InChI=1S/C16H16N2OS2/c1-3-11-18-14(19)9-10-16(2,12-17)21-15(20)13-7-5-4-6-8-13/h1,4-8H,9-11H2,2H3,(H,18,19). The number of nitrogens with zero attached hydrogens (tertiary/aromatic N) is 1. The first-order valence-electron chi connectivity index (χ1n) is 6.40. The molecule has 21 heavy (non-hydrogen) atoms. The molecule has 5 heteroatoms. The summed E-state index contributed by atoms with van der Waals surface area (Å²) in [5.74, 6) is 2.19. The lowest BCUT2D eigenvalue weighted by Gasteiger charge is -2.21. The number of nitriles is 1. The third-order valence-corrected chi connectivity index (χ3v) is 4.43. The Morgan fingerprint density at radius 3 is 2.71 bits per heavy atom. The molecule has 1 unspecified atom stereocenters. The van der Waals surface area contributed by atoms with E-state index in [-0.39, 0.29) is 18.9 Å². The van der Waals surface area contributed by atoms with E-state index >= 15 is 0 Å². The van der Waals surface area contributed by atoms with Gasteiger partial charge in [-0.1, -0.05) is 60.2 Å². The molecule has 3 nitrogen and oxygen atoms in total. The van der Waals surface area contributed by atoms with Crippen LogP contribution in [0.5, 0.6) is 0 Å². The highest BCUT2D eigenvalue weighted by Gasteiger charge is 2.27. The summed E-state index contributed by atoms with van der Waals surface area (Å²) in [5.41, 5.74) is 0.913. The van der Waals surface area contributed by atoms with E-state index in [4.69, 9.17) is 18.6 Å². The first-order chi connectivity index (χ1) is 10.0. The second-order valence-electron chi connectivity index (χ2n) is 4.58. The van der Waals surface area contributed by atoms with Crippen LogP contribution in [0.25, 0.3) is 0 Å². The van der Waals surface area contributed by atoms with Crippen molar-refractivity contribution in [2.75, 3.05) is 6.54 Å². The van der Waals surface area contributed by atoms with Crippen molar-refractivity contribution in [1.29, 1.82) is 5.26 Å². The number of carbonyl (C=O) groups is 1. The van der Waals surface area contributed by atoms with Gasteiger partial charge in [0.25, 0.3) is 0 Å². The van der Waals surface area contributed by atoms with Gasteiger partial charge in [-0.25, -0.2) is 0 Å². The number of benzene rings is 1. The normalized spacial score (nSPS) is 12.5. The molecule has 108 valence electrons. The summed E-state index contributed by atoms with van der Waals surface area (Å²) in [6, 6.07) is 11.8. The van der Waals surface area contributed by atoms with Crippen molar-refractivity contribution in [3.63, 3.8) is 0 Å². The largest absolute Gasteiger partial charge is 0.345 e. The number of carbonyl (C=O) groups excluding carboxylic acids is 1. The number of amides is 1. The SMILES string of the molecule is C#CCNC(=O)CCC(C)(C#N)SC(=S)c1ccccc1. The lowest BCUT2D eigenvalue weighted by molar-refractivity contribution is -0.121. The van der Waals surface area contributed by atoms with Gasteiger partial charge in [-0.3, -0.25) is 4.79 Å². The van der Waals surface area contributed by atoms with E-state index in [1.54, 1.807) is 6.92 Å². The van der Waals surface area contributed by atoms with Gasteiger partial charge < -0.3 is 5.32 Å². The minimum absolute atomic E-state index is 0.152. The number of thiocarbonyl (C=S) groups is 1. The van der Waals surface area contributed by atoms with E-state index in [2.05, 4.69) is 17.3 Å². The quantitative estimate of drug-likeness (QED) is 0.647. The van der Waals surface area contributed by atoms with Gasteiger partial charge in [0.15, 0.2) is 0 Å². The van der Waals surface area contributed by atoms with E-state index in [0.29, 0.717) is 10.6 Å². The Morgan fingerprint density at radius 2 is 2.14 bits per heavy atom. The molecule has 1 rings (SSSR count). The number of terminal acetylenes is 1. The van der Waals surface area contributed by atoms with E-state index in [9.17, 15) is 10.1 Å². The van der Waals surface area contributed by atoms with Crippen molar-refractivity contribution in [2.24, 2.45) is 0 Å². The van der Waals surface area contributed by atoms with E-state index < -0.39 is 4.75 Å². The summed E-state index contributed by atoms with van der Waals surface area (Å²) in [6.07, 6.45) is 5.74. The van der Waals surface area contributed by atoms with Crippen LogP contribution in [0.15, 0.2) is 30.3 Å². The van der Waals surface area contributed by atoms with Crippen LogP contribution in [-0.2, 0) is 4.79 Å². The molecule has 0 aromatic heterocycles. The van der Waals surface area contributed by atoms with Gasteiger partial charge in [-0.05, 0) is 18.9 Å². The third kappa shape index (κ3) is 5.99. The number of hydrogen-bond donors (Lipinski definition) is 1. The molecule has 1 N–H and O–H groups in total. The highest BCUT2D eigenvalue weighted by molar-refractivity contribution is 8.24. The monoisotopic (exact) mass is 316 g/mol. The smallest absolute Gasteiger partial charge is 0.220 e. The number of nitrogens with one attached hydrogen (secondary N) is 1. The molecule has 1 aromatic carbocycles. The first kappa shape index (κ1) is 17.2.